The summed E-state index contributed by atoms with van der Waals surface area (Å²) in [5, 5.41) is 49.1. The van der Waals surface area contributed by atoms with E-state index in [9.17, 15) is 30.2 Å². The first kappa shape index (κ1) is 19.5. The van der Waals surface area contributed by atoms with Gasteiger partial charge in [0.25, 0.3) is 5.69 Å². The number of ketones is 1. The van der Waals surface area contributed by atoms with E-state index in [4.69, 9.17) is 26.2 Å². The Hall–Kier alpha value is -1.82. The van der Waals surface area contributed by atoms with Crippen LogP contribution in [0.3, 0.4) is 0 Å². The highest BCUT2D eigenvalue weighted by atomic mass is 35.5. The van der Waals surface area contributed by atoms with Crippen LogP contribution in [-0.4, -0.2) is 68.4 Å². The van der Waals surface area contributed by atoms with Gasteiger partial charge in [-0.3, -0.25) is 14.9 Å². The molecule has 25 heavy (non-hydrogen) atoms. The fourth-order valence-electron chi connectivity index (χ4n) is 2.41. The van der Waals surface area contributed by atoms with Gasteiger partial charge in [0.1, 0.15) is 40.8 Å². The zero-order valence-electron chi connectivity index (χ0n) is 12.9. The number of rotatable bonds is 5. The molecule has 11 heteroatoms. The topological polar surface area (TPSA) is 160 Å². The number of aliphatic hydroxyl groups excluding tert-OH is 4. The lowest BCUT2D eigenvalue weighted by molar-refractivity contribution is -0.385. The molecule has 0 aliphatic carbocycles. The molecule has 138 valence electrons. The van der Waals surface area contributed by atoms with Gasteiger partial charge in [-0.25, -0.2) is 0 Å². The Bertz CT molecular complexity index is 681. The fourth-order valence-corrected chi connectivity index (χ4v) is 2.75. The third-order valence-corrected chi connectivity index (χ3v) is 4.10. The van der Waals surface area contributed by atoms with Crippen molar-refractivity contribution in [1.29, 1.82) is 0 Å². The average molecular weight is 378 g/mol. The summed E-state index contributed by atoms with van der Waals surface area (Å²) in [7, 11) is 0. The number of ether oxygens (including phenoxy) is 2. The lowest BCUT2D eigenvalue weighted by atomic mass is 9.99. The minimum absolute atomic E-state index is 0.207. The number of halogens is 1. The Kier molecular flexibility index (Phi) is 5.93. The molecule has 1 aromatic rings. The van der Waals surface area contributed by atoms with E-state index in [1.807, 2.05) is 0 Å². The second kappa shape index (κ2) is 7.60. The first-order valence-corrected chi connectivity index (χ1v) is 7.51. The number of nitro groups is 1. The monoisotopic (exact) mass is 377 g/mol. The van der Waals surface area contributed by atoms with E-state index < -0.39 is 53.7 Å². The number of nitrogens with zero attached hydrogens (tertiary/aromatic N) is 1. The highest BCUT2D eigenvalue weighted by molar-refractivity contribution is 6.36. The molecule has 0 amide bonds. The summed E-state index contributed by atoms with van der Waals surface area (Å²) in [5.41, 5.74) is -0.896. The van der Waals surface area contributed by atoms with Crippen LogP contribution >= 0.6 is 11.6 Å². The number of hydrogen-bond donors (Lipinski definition) is 4. The van der Waals surface area contributed by atoms with Crippen LogP contribution in [-0.2, 0) is 4.74 Å². The SMILES string of the molecule is CC(=O)c1c([N+](=O)[O-])ccc(O[C@@H]2O[C@H](CO)[C@@H](O)[C@H](O)[C@H]2O)c1Cl. The Morgan fingerprint density at radius 1 is 1.32 bits per heavy atom. The van der Waals surface area contributed by atoms with E-state index in [1.54, 1.807) is 0 Å². The number of benzene rings is 1. The van der Waals surface area contributed by atoms with Gasteiger partial charge in [0.2, 0.25) is 6.29 Å². The Morgan fingerprint density at radius 2 is 1.96 bits per heavy atom. The molecule has 0 saturated carbocycles. The van der Waals surface area contributed by atoms with Gasteiger partial charge < -0.3 is 29.9 Å². The van der Waals surface area contributed by atoms with Crippen LogP contribution < -0.4 is 4.74 Å². The fraction of sp³-hybridized carbons (Fsp3) is 0.500. The smallest absolute Gasteiger partial charge is 0.281 e. The number of carbonyl (C=O) groups is 1. The van der Waals surface area contributed by atoms with Gasteiger partial charge in [0, 0.05) is 6.07 Å². The van der Waals surface area contributed by atoms with E-state index in [-0.39, 0.29) is 16.3 Å². The summed E-state index contributed by atoms with van der Waals surface area (Å²) >= 11 is 6.01. The number of carbonyl (C=O) groups excluding carboxylic acids is 1. The molecule has 0 aromatic heterocycles. The zero-order valence-corrected chi connectivity index (χ0v) is 13.7. The predicted molar refractivity (Wildman–Crippen MR) is 82.5 cm³/mol. The predicted octanol–water partition coefficient (Wildman–Crippen LogP) is -0.371. The second-order valence-electron chi connectivity index (χ2n) is 5.40. The summed E-state index contributed by atoms with van der Waals surface area (Å²) in [6.07, 6.45) is -7.66. The van der Waals surface area contributed by atoms with Crippen molar-refractivity contribution in [3.8, 4) is 5.75 Å². The largest absolute Gasteiger partial charge is 0.460 e. The minimum Gasteiger partial charge on any atom is -0.460 e. The summed E-state index contributed by atoms with van der Waals surface area (Å²) in [4.78, 5) is 21.9. The molecule has 0 spiro atoms. The first-order chi connectivity index (χ1) is 11.7. The van der Waals surface area contributed by atoms with Crippen LogP contribution in [0.4, 0.5) is 5.69 Å². The summed E-state index contributed by atoms with van der Waals surface area (Å²) in [5.74, 6) is -0.877. The second-order valence-corrected chi connectivity index (χ2v) is 5.78. The third-order valence-electron chi connectivity index (χ3n) is 3.72. The highest BCUT2D eigenvalue weighted by Crippen LogP contribution is 2.36. The molecule has 0 radical (unpaired) electrons. The number of Topliss-reactive ketones (excluding diaryl/α,β-unsaturated/α-hetero) is 1. The molecule has 1 aliphatic rings. The van der Waals surface area contributed by atoms with Crippen molar-refractivity contribution in [3.05, 3.63) is 32.8 Å². The van der Waals surface area contributed by atoms with Gasteiger partial charge in [0.05, 0.1) is 11.5 Å². The maximum atomic E-state index is 11.7. The molecular weight excluding hydrogens is 362 g/mol. The minimum atomic E-state index is -1.69. The van der Waals surface area contributed by atoms with Gasteiger partial charge in [-0.05, 0) is 13.0 Å². The third kappa shape index (κ3) is 3.73. The Labute approximate surface area is 146 Å². The molecule has 1 aromatic carbocycles. The standard InChI is InChI=1S/C14H16ClNO9/c1-5(18)9-6(16(22)23)2-3-7(10(9)15)24-14-13(21)12(20)11(19)8(4-17)25-14/h2-3,8,11-14,17,19-21H,4H2,1H3/t8-,11-,12+,13-,14-/m1/s1. The normalized spacial score (nSPS) is 29.3. The molecule has 10 nitrogen and oxygen atoms in total. The van der Waals surface area contributed by atoms with Gasteiger partial charge in [0.15, 0.2) is 5.78 Å². The Balaban J connectivity index is 2.35. The molecule has 4 N–H and O–H groups in total. The van der Waals surface area contributed by atoms with Crippen LogP contribution in [0.1, 0.15) is 17.3 Å². The first-order valence-electron chi connectivity index (χ1n) is 7.14. The van der Waals surface area contributed by atoms with E-state index >= 15 is 0 Å². The van der Waals surface area contributed by atoms with Crippen molar-refractivity contribution < 1.29 is 39.6 Å². The van der Waals surface area contributed by atoms with E-state index in [1.165, 1.54) is 0 Å². The van der Waals surface area contributed by atoms with Crippen LogP contribution in [0, 0.1) is 10.1 Å². The summed E-state index contributed by atoms with van der Waals surface area (Å²) in [6.45, 7) is 0.434. The van der Waals surface area contributed by atoms with Crippen molar-refractivity contribution in [1.82, 2.24) is 0 Å². The lowest BCUT2D eigenvalue weighted by Gasteiger charge is -2.39. The molecule has 1 saturated heterocycles. The lowest BCUT2D eigenvalue weighted by Crippen LogP contribution is -2.60. The van der Waals surface area contributed by atoms with Gasteiger partial charge >= 0.3 is 0 Å². The Morgan fingerprint density at radius 3 is 2.48 bits per heavy atom. The van der Waals surface area contributed by atoms with E-state index in [0.717, 1.165) is 19.1 Å². The summed E-state index contributed by atoms with van der Waals surface area (Å²) < 4.78 is 10.5. The average Bonchev–Trinajstić information content (AvgIpc) is 2.56. The van der Waals surface area contributed by atoms with Crippen LogP contribution in [0.25, 0.3) is 0 Å². The zero-order chi connectivity index (χ0) is 18.9. The molecule has 2 rings (SSSR count). The highest BCUT2D eigenvalue weighted by Gasteiger charge is 2.45. The molecule has 5 atom stereocenters. The summed E-state index contributed by atoms with van der Waals surface area (Å²) in [6, 6.07) is 2.11. The van der Waals surface area contributed by atoms with Crippen molar-refractivity contribution in [2.24, 2.45) is 0 Å². The molecule has 1 heterocycles. The maximum Gasteiger partial charge on any atom is 0.281 e. The van der Waals surface area contributed by atoms with Crippen molar-refractivity contribution >= 4 is 23.1 Å². The maximum absolute atomic E-state index is 11.7. The van der Waals surface area contributed by atoms with Crippen molar-refractivity contribution in [2.75, 3.05) is 6.61 Å². The van der Waals surface area contributed by atoms with Gasteiger partial charge in [-0.1, -0.05) is 11.6 Å². The van der Waals surface area contributed by atoms with Crippen molar-refractivity contribution in [2.45, 2.75) is 37.6 Å². The number of aliphatic hydroxyl groups is 4. The van der Waals surface area contributed by atoms with Crippen molar-refractivity contribution in [3.63, 3.8) is 0 Å². The molecule has 1 aliphatic heterocycles. The molecular formula is C14H16ClNO9. The quantitative estimate of drug-likeness (QED) is 0.305. The van der Waals surface area contributed by atoms with Gasteiger partial charge in [-0.2, -0.15) is 0 Å². The van der Waals surface area contributed by atoms with Gasteiger partial charge in [-0.15, -0.1) is 0 Å². The molecule has 0 unspecified atom stereocenters. The number of hydrogen-bond acceptors (Lipinski definition) is 9. The van der Waals surface area contributed by atoms with Crippen LogP contribution in [0.5, 0.6) is 5.75 Å². The van der Waals surface area contributed by atoms with Crippen LogP contribution in [0.2, 0.25) is 5.02 Å². The van der Waals surface area contributed by atoms with E-state index in [2.05, 4.69) is 0 Å². The number of nitro benzene ring substituents is 1. The van der Waals surface area contributed by atoms with Crippen LogP contribution in [0.15, 0.2) is 12.1 Å². The molecule has 1 fully saturated rings. The molecule has 0 bridgehead atoms. The van der Waals surface area contributed by atoms with E-state index in [0.29, 0.717) is 0 Å².